The number of carbonyl (C=O) groups is 1. The third-order valence-corrected chi connectivity index (χ3v) is 3.56. The Morgan fingerprint density at radius 2 is 2.28 bits per heavy atom. The number of hydrogen-bond acceptors (Lipinski definition) is 5. The minimum absolute atomic E-state index is 0.0705. The molecule has 0 aliphatic heterocycles. The van der Waals surface area contributed by atoms with E-state index in [1.807, 2.05) is 10.3 Å². The van der Waals surface area contributed by atoms with Crippen molar-refractivity contribution in [3.8, 4) is 0 Å². The summed E-state index contributed by atoms with van der Waals surface area (Å²) in [6.07, 6.45) is 3.61. The Hall–Kier alpha value is -0.980. The van der Waals surface area contributed by atoms with Crippen LogP contribution in [-0.4, -0.2) is 46.6 Å². The van der Waals surface area contributed by atoms with E-state index >= 15 is 0 Å². The minimum Gasteiger partial charge on any atom is -0.395 e. The Labute approximate surface area is 112 Å². The van der Waals surface area contributed by atoms with E-state index in [-0.39, 0.29) is 12.5 Å². The van der Waals surface area contributed by atoms with Crippen molar-refractivity contribution >= 4 is 22.4 Å². The highest BCUT2D eigenvalue weighted by Gasteiger charge is 2.18. The third kappa shape index (κ3) is 4.72. The second kappa shape index (κ2) is 8.18. The maximum atomic E-state index is 11.9. The highest BCUT2D eigenvalue weighted by atomic mass is 32.1. The summed E-state index contributed by atoms with van der Waals surface area (Å²) in [7, 11) is 0. The van der Waals surface area contributed by atoms with Crippen LogP contribution in [0.1, 0.15) is 26.7 Å². The molecular weight excluding hydrogens is 250 g/mol. The van der Waals surface area contributed by atoms with E-state index in [0.717, 1.165) is 12.8 Å². The van der Waals surface area contributed by atoms with Gasteiger partial charge >= 0.3 is 0 Å². The zero-order chi connectivity index (χ0) is 13.4. The topological polar surface area (TPSA) is 65.5 Å². The number of rotatable bonds is 8. The van der Waals surface area contributed by atoms with Crippen molar-refractivity contribution in [3.05, 3.63) is 11.6 Å². The van der Waals surface area contributed by atoms with Gasteiger partial charge in [0.1, 0.15) is 0 Å². The van der Waals surface area contributed by atoms with E-state index < -0.39 is 0 Å². The van der Waals surface area contributed by atoms with E-state index in [2.05, 4.69) is 24.1 Å². The lowest BCUT2D eigenvalue weighted by Crippen LogP contribution is -2.42. The molecule has 2 N–H and O–H groups in total. The van der Waals surface area contributed by atoms with Crippen LogP contribution in [0.25, 0.3) is 0 Å². The molecule has 1 heterocycles. The number of amides is 1. The van der Waals surface area contributed by atoms with Crippen LogP contribution in [0.15, 0.2) is 11.6 Å². The van der Waals surface area contributed by atoms with Crippen LogP contribution in [0.4, 0.5) is 5.13 Å². The van der Waals surface area contributed by atoms with E-state index in [1.165, 1.54) is 11.3 Å². The van der Waals surface area contributed by atoms with Gasteiger partial charge in [-0.2, -0.15) is 0 Å². The van der Waals surface area contributed by atoms with Crippen LogP contribution in [0.5, 0.6) is 0 Å². The van der Waals surface area contributed by atoms with Gasteiger partial charge in [-0.25, -0.2) is 4.98 Å². The van der Waals surface area contributed by atoms with Crippen LogP contribution in [0.3, 0.4) is 0 Å². The Kier molecular flexibility index (Phi) is 6.85. The summed E-state index contributed by atoms with van der Waals surface area (Å²) in [5.41, 5.74) is 0. The number of aliphatic hydroxyl groups excluding tert-OH is 1. The van der Waals surface area contributed by atoms with E-state index in [4.69, 9.17) is 5.11 Å². The molecule has 5 nitrogen and oxygen atoms in total. The van der Waals surface area contributed by atoms with Gasteiger partial charge in [0.2, 0.25) is 5.91 Å². The molecule has 18 heavy (non-hydrogen) atoms. The lowest BCUT2D eigenvalue weighted by atomic mass is 10.1. The third-order valence-electron chi connectivity index (χ3n) is 2.87. The van der Waals surface area contributed by atoms with Crippen molar-refractivity contribution in [1.29, 1.82) is 0 Å². The molecule has 1 amide bonds. The van der Waals surface area contributed by atoms with Gasteiger partial charge in [-0.05, 0) is 12.8 Å². The van der Waals surface area contributed by atoms with Crippen molar-refractivity contribution in [2.75, 3.05) is 25.0 Å². The van der Waals surface area contributed by atoms with Gasteiger partial charge < -0.3 is 10.4 Å². The number of anilines is 1. The molecule has 0 atom stereocenters. The SMILES string of the molecule is CCC(CC)N(CCO)CC(=O)Nc1nccs1. The standard InChI is InChI=1S/C12H21N3O2S/c1-3-10(4-2)15(6-7-16)9-11(17)14-12-13-5-8-18-12/h5,8,10,16H,3-4,6-7,9H2,1-2H3,(H,13,14,17). The van der Waals surface area contributed by atoms with Gasteiger partial charge in [0.05, 0.1) is 13.2 Å². The van der Waals surface area contributed by atoms with Crippen LogP contribution in [-0.2, 0) is 4.79 Å². The van der Waals surface area contributed by atoms with Crippen molar-refractivity contribution in [3.63, 3.8) is 0 Å². The summed E-state index contributed by atoms with van der Waals surface area (Å²) < 4.78 is 0. The highest BCUT2D eigenvalue weighted by molar-refractivity contribution is 7.13. The number of nitrogens with one attached hydrogen (secondary N) is 1. The smallest absolute Gasteiger partial charge is 0.240 e. The lowest BCUT2D eigenvalue weighted by molar-refractivity contribution is -0.118. The molecular formula is C12H21N3O2S. The van der Waals surface area contributed by atoms with E-state index in [0.29, 0.717) is 24.3 Å². The van der Waals surface area contributed by atoms with Gasteiger partial charge in [-0.1, -0.05) is 13.8 Å². The summed E-state index contributed by atoms with van der Waals surface area (Å²) >= 11 is 1.40. The normalized spacial score (nSPS) is 11.2. The number of carbonyl (C=O) groups excluding carboxylic acids is 1. The van der Waals surface area contributed by atoms with E-state index in [9.17, 15) is 4.79 Å². The Morgan fingerprint density at radius 1 is 1.56 bits per heavy atom. The van der Waals surface area contributed by atoms with Crippen LogP contribution < -0.4 is 5.32 Å². The molecule has 0 saturated heterocycles. The van der Waals surface area contributed by atoms with Crippen LogP contribution in [0, 0.1) is 0 Å². The van der Waals surface area contributed by atoms with Crippen molar-refractivity contribution < 1.29 is 9.90 Å². The molecule has 0 bridgehead atoms. The van der Waals surface area contributed by atoms with Crippen LogP contribution >= 0.6 is 11.3 Å². The molecule has 0 saturated carbocycles. The molecule has 0 spiro atoms. The van der Waals surface area contributed by atoms with Crippen molar-refractivity contribution in [2.24, 2.45) is 0 Å². The van der Waals surface area contributed by atoms with E-state index in [1.54, 1.807) is 6.20 Å². The van der Waals surface area contributed by atoms with Crippen molar-refractivity contribution in [2.45, 2.75) is 32.7 Å². The first-order valence-corrected chi connectivity index (χ1v) is 7.13. The quantitative estimate of drug-likeness (QED) is 0.753. The second-order valence-corrected chi connectivity index (χ2v) is 4.94. The largest absolute Gasteiger partial charge is 0.395 e. The van der Waals surface area contributed by atoms with Crippen LogP contribution in [0.2, 0.25) is 0 Å². The molecule has 1 aromatic rings. The maximum absolute atomic E-state index is 11.9. The predicted molar refractivity (Wildman–Crippen MR) is 73.8 cm³/mol. The van der Waals surface area contributed by atoms with Gasteiger partial charge in [-0.15, -0.1) is 11.3 Å². The Bertz CT molecular complexity index is 339. The Balaban J connectivity index is 2.51. The minimum atomic E-state index is -0.0784. The summed E-state index contributed by atoms with van der Waals surface area (Å²) in [6, 6.07) is 0.333. The molecule has 0 aromatic carbocycles. The molecule has 0 unspecified atom stereocenters. The Morgan fingerprint density at radius 3 is 2.78 bits per heavy atom. The number of nitrogens with zero attached hydrogens (tertiary/aromatic N) is 2. The molecule has 0 fully saturated rings. The first-order chi connectivity index (χ1) is 8.71. The number of aliphatic hydroxyl groups is 1. The summed E-state index contributed by atoms with van der Waals surface area (Å²) in [4.78, 5) is 17.9. The summed E-state index contributed by atoms with van der Waals surface area (Å²) in [5.74, 6) is -0.0784. The zero-order valence-electron chi connectivity index (χ0n) is 10.9. The average molecular weight is 271 g/mol. The second-order valence-electron chi connectivity index (χ2n) is 4.05. The zero-order valence-corrected chi connectivity index (χ0v) is 11.7. The monoisotopic (exact) mass is 271 g/mol. The molecule has 6 heteroatoms. The van der Waals surface area contributed by atoms with Crippen molar-refractivity contribution in [1.82, 2.24) is 9.88 Å². The fraction of sp³-hybridized carbons (Fsp3) is 0.667. The molecule has 1 rings (SSSR count). The van der Waals surface area contributed by atoms with Gasteiger partial charge in [0.25, 0.3) is 0 Å². The molecule has 1 aromatic heterocycles. The van der Waals surface area contributed by atoms with Gasteiger partial charge in [0, 0.05) is 24.2 Å². The first kappa shape index (κ1) is 15.1. The average Bonchev–Trinajstić information content (AvgIpc) is 2.83. The fourth-order valence-corrected chi connectivity index (χ4v) is 2.50. The first-order valence-electron chi connectivity index (χ1n) is 6.25. The van der Waals surface area contributed by atoms with Gasteiger partial charge in [-0.3, -0.25) is 9.69 Å². The maximum Gasteiger partial charge on any atom is 0.240 e. The highest BCUT2D eigenvalue weighted by Crippen LogP contribution is 2.12. The molecule has 0 aliphatic carbocycles. The number of thiazole rings is 1. The molecule has 102 valence electrons. The summed E-state index contributed by atoms with van der Waals surface area (Å²) in [5, 5.41) is 14.3. The fourth-order valence-electron chi connectivity index (χ4n) is 1.95. The molecule has 0 radical (unpaired) electrons. The predicted octanol–water partition coefficient (Wildman–Crippen LogP) is 1.56. The number of hydrogen-bond donors (Lipinski definition) is 2. The number of aromatic nitrogens is 1. The molecule has 0 aliphatic rings. The summed E-state index contributed by atoms with van der Waals surface area (Å²) in [6.45, 7) is 5.08. The lowest BCUT2D eigenvalue weighted by Gasteiger charge is -2.28. The van der Waals surface area contributed by atoms with Gasteiger partial charge in [0.15, 0.2) is 5.13 Å².